The number of aliphatic hydroxyl groups excluding tert-OH is 1. The van der Waals surface area contributed by atoms with Gasteiger partial charge in [0.25, 0.3) is 0 Å². The van der Waals surface area contributed by atoms with Crippen molar-refractivity contribution in [2.24, 2.45) is 64.1 Å². The number of hydrogen-bond donors (Lipinski definition) is 1. The molecule has 5 aliphatic carbocycles. The minimum Gasteiger partial charge on any atom is -0.393 e. The van der Waals surface area contributed by atoms with E-state index in [1.54, 1.807) is 0 Å². The van der Waals surface area contributed by atoms with Crippen molar-refractivity contribution in [1.29, 1.82) is 0 Å². The molecule has 0 aromatic carbocycles. The van der Waals surface area contributed by atoms with Crippen molar-refractivity contribution < 1.29 is 5.11 Å². The Balaban J connectivity index is 1.26. The zero-order valence-electron chi connectivity index (χ0n) is 20.7. The molecule has 5 fully saturated rings. The molecule has 8 unspecified atom stereocenters. The van der Waals surface area contributed by atoms with Crippen molar-refractivity contribution in [3.63, 3.8) is 0 Å². The molecule has 5 aliphatic rings. The predicted octanol–water partition coefficient (Wildman–Crippen LogP) is 7.71. The maximum atomic E-state index is 10.3. The van der Waals surface area contributed by atoms with Crippen LogP contribution in [0.2, 0.25) is 0 Å². The van der Waals surface area contributed by atoms with Gasteiger partial charge in [-0.2, -0.15) is 0 Å². The SMILES string of the molecule is C[C@H](CC[C@@H](C)[C@@H]1C[C@H]1C)C1CCC2C3CCC4CC(O)CCC4(C)C3CCC21C. The van der Waals surface area contributed by atoms with Crippen LogP contribution in [0.15, 0.2) is 0 Å². The summed E-state index contributed by atoms with van der Waals surface area (Å²) in [6.07, 6.45) is 16.8. The highest BCUT2D eigenvalue weighted by molar-refractivity contribution is 5.09. The first kappa shape index (κ1) is 21.8. The molecule has 0 aliphatic heterocycles. The number of fused-ring (bicyclic) bond motifs is 5. The van der Waals surface area contributed by atoms with Crippen LogP contribution < -0.4 is 0 Å². The molecule has 0 saturated heterocycles. The van der Waals surface area contributed by atoms with Gasteiger partial charge < -0.3 is 5.11 Å². The van der Waals surface area contributed by atoms with Gasteiger partial charge in [-0.15, -0.1) is 0 Å². The van der Waals surface area contributed by atoms with E-state index in [9.17, 15) is 5.11 Å². The molecule has 0 heterocycles. The molecular weight excluding hydrogens is 364 g/mol. The third kappa shape index (κ3) is 3.43. The molecule has 5 saturated carbocycles. The third-order valence-corrected chi connectivity index (χ3v) is 12.4. The molecule has 1 nitrogen and oxygen atoms in total. The summed E-state index contributed by atoms with van der Waals surface area (Å²) < 4.78 is 0. The maximum absolute atomic E-state index is 10.3. The van der Waals surface area contributed by atoms with Crippen molar-refractivity contribution in [2.75, 3.05) is 0 Å². The topological polar surface area (TPSA) is 20.2 Å². The first-order chi connectivity index (χ1) is 14.2. The summed E-state index contributed by atoms with van der Waals surface area (Å²) in [5.41, 5.74) is 1.15. The van der Waals surface area contributed by atoms with Gasteiger partial charge in [0.2, 0.25) is 0 Å². The second-order valence-corrected chi connectivity index (χ2v) is 13.7. The van der Waals surface area contributed by atoms with E-state index in [2.05, 4.69) is 34.6 Å². The Morgan fingerprint density at radius 3 is 2.20 bits per heavy atom. The Kier molecular flexibility index (Phi) is 5.65. The van der Waals surface area contributed by atoms with E-state index in [-0.39, 0.29) is 6.10 Å². The highest BCUT2D eigenvalue weighted by Crippen LogP contribution is 2.68. The molecule has 12 atom stereocenters. The maximum Gasteiger partial charge on any atom is 0.0543 e. The Bertz CT molecular complexity index is 628. The van der Waals surface area contributed by atoms with Crippen LogP contribution >= 0.6 is 0 Å². The summed E-state index contributed by atoms with van der Waals surface area (Å²) >= 11 is 0. The monoisotopic (exact) mass is 414 g/mol. The largest absolute Gasteiger partial charge is 0.393 e. The lowest BCUT2D eigenvalue weighted by Crippen LogP contribution is -2.54. The van der Waals surface area contributed by atoms with Crippen LogP contribution in [-0.2, 0) is 0 Å². The summed E-state index contributed by atoms with van der Waals surface area (Å²) in [6.45, 7) is 13.0. The average Bonchev–Trinajstić information content (AvgIpc) is 3.33. The number of aliphatic hydroxyl groups is 1. The summed E-state index contributed by atoms with van der Waals surface area (Å²) in [5.74, 6) is 8.65. The molecule has 172 valence electrons. The van der Waals surface area contributed by atoms with Crippen LogP contribution in [-0.4, -0.2) is 11.2 Å². The molecule has 0 bridgehead atoms. The molecule has 1 N–H and O–H groups in total. The van der Waals surface area contributed by atoms with Crippen molar-refractivity contribution in [1.82, 2.24) is 0 Å². The zero-order chi connectivity index (χ0) is 21.3. The van der Waals surface area contributed by atoms with Gasteiger partial charge in [-0.05, 0) is 128 Å². The van der Waals surface area contributed by atoms with E-state index in [4.69, 9.17) is 0 Å². The smallest absolute Gasteiger partial charge is 0.0543 e. The molecule has 30 heavy (non-hydrogen) atoms. The first-order valence-corrected chi connectivity index (χ1v) is 13.9. The highest BCUT2D eigenvalue weighted by Gasteiger charge is 2.60. The van der Waals surface area contributed by atoms with Gasteiger partial charge in [-0.3, -0.25) is 0 Å². The van der Waals surface area contributed by atoms with Gasteiger partial charge in [0.1, 0.15) is 0 Å². The van der Waals surface area contributed by atoms with Crippen LogP contribution in [0.4, 0.5) is 0 Å². The fourth-order valence-corrected chi connectivity index (χ4v) is 10.3. The van der Waals surface area contributed by atoms with Gasteiger partial charge in [-0.25, -0.2) is 0 Å². The van der Waals surface area contributed by atoms with E-state index >= 15 is 0 Å². The van der Waals surface area contributed by atoms with E-state index in [1.165, 1.54) is 64.2 Å². The standard InChI is InChI=1S/C29H50O/c1-18(24-16-20(24)3)6-7-19(2)25-10-11-26-23-9-8-21-17-22(30)12-14-28(21,4)27(23)13-15-29(25,26)5/h18-27,30H,6-17H2,1-5H3/t18-,19-,20-,21?,22?,23?,24+,25?,26?,27?,28?,29?/m1/s1. The van der Waals surface area contributed by atoms with Gasteiger partial charge in [0, 0.05) is 0 Å². The van der Waals surface area contributed by atoms with Crippen LogP contribution in [0.25, 0.3) is 0 Å². The van der Waals surface area contributed by atoms with E-state index in [0.29, 0.717) is 10.8 Å². The molecule has 0 aromatic rings. The number of rotatable bonds is 5. The lowest BCUT2D eigenvalue weighted by molar-refractivity contribution is -0.129. The lowest BCUT2D eigenvalue weighted by atomic mass is 9.44. The molecule has 0 amide bonds. The zero-order valence-corrected chi connectivity index (χ0v) is 20.7. The van der Waals surface area contributed by atoms with E-state index in [0.717, 1.165) is 66.1 Å². The van der Waals surface area contributed by atoms with Crippen LogP contribution in [0.3, 0.4) is 0 Å². The Hall–Kier alpha value is -0.0400. The highest BCUT2D eigenvalue weighted by atomic mass is 16.3. The number of hydrogen-bond acceptors (Lipinski definition) is 1. The molecule has 0 spiro atoms. The van der Waals surface area contributed by atoms with Crippen molar-refractivity contribution in [2.45, 2.75) is 118 Å². The second kappa shape index (κ2) is 7.78. The second-order valence-electron chi connectivity index (χ2n) is 13.7. The van der Waals surface area contributed by atoms with Gasteiger partial charge in [0.05, 0.1) is 6.10 Å². The predicted molar refractivity (Wildman–Crippen MR) is 126 cm³/mol. The molecule has 5 rings (SSSR count). The van der Waals surface area contributed by atoms with Crippen LogP contribution in [0.1, 0.15) is 112 Å². The van der Waals surface area contributed by atoms with E-state index < -0.39 is 0 Å². The Labute approximate surface area is 187 Å². The fourth-order valence-electron chi connectivity index (χ4n) is 10.3. The lowest BCUT2D eigenvalue weighted by Gasteiger charge is -2.61. The summed E-state index contributed by atoms with van der Waals surface area (Å²) in [5, 5.41) is 10.3. The summed E-state index contributed by atoms with van der Waals surface area (Å²) in [6, 6.07) is 0. The summed E-state index contributed by atoms with van der Waals surface area (Å²) in [7, 11) is 0. The normalized spacial score (nSPS) is 54.6. The van der Waals surface area contributed by atoms with Crippen molar-refractivity contribution in [3.05, 3.63) is 0 Å². The molecular formula is C29H50O. The minimum atomic E-state index is -0.00814. The van der Waals surface area contributed by atoms with Crippen LogP contribution in [0, 0.1) is 64.1 Å². The minimum absolute atomic E-state index is 0.00814. The van der Waals surface area contributed by atoms with Gasteiger partial charge in [0.15, 0.2) is 0 Å². The van der Waals surface area contributed by atoms with Gasteiger partial charge >= 0.3 is 0 Å². The third-order valence-electron chi connectivity index (χ3n) is 12.4. The van der Waals surface area contributed by atoms with E-state index in [1.807, 2.05) is 0 Å². The first-order valence-electron chi connectivity index (χ1n) is 13.9. The summed E-state index contributed by atoms with van der Waals surface area (Å²) in [4.78, 5) is 0. The molecule has 0 radical (unpaired) electrons. The van der Waals surface area contributed by atoms with Crippen LogP contribution in [0.5, 0.6) is 0 Å². The van der Waals surface area contributed by atoms with Crippen molar-refractivity contribution in [3.8, 4) is 0 Å². The molecule has 1 heteroatoms. The van der Waals surface area contributed by atoms with Crippen molar-refractivity contribution >= 4 is 0 Å². The quantitative estimate of drug-likeness (QED) is 0.488. The average molecular weight is 415 g/mol. The fraction of sp³-hybridized carbons (Fsp3) is 1.00. The molecule has 0 aromatic heterocycles. The Morgan fingerprint density at radius 2 is 1.47 bits per heavy atom. The van der Waals surface area contributed by atoms with Gasteiger partial charge in [-0.1, -0.05) is 47.5 Å². The Morgan fingerprint density at radius 1 is 0.800 bits per heavy atom.